The van der Waals surface area contributed by atoms with Crippen molar-refractivity contribution in [2.24, 2.45) is 0 Å². The van der Waals surface area contributed by atoms with E-state index in [0.717, 1.165) is 12.1 Å². The number of amides is 1. The molecule has 18 heavy (non-hydrogen) atoms. The molecule has 1 unspecified atom stereocenters. The topological polar surface area (TPSA) is 78.8 Å². The highest BCUT2D eigenvalue weighted by molar-refractivity contribution is 5.94. The zero-order chi connectivity index (χ0) is 13.8. The summed E-state index contributed by atoms with van der Waals surface area (Å²) in [5, 5.41) is 19.6. The highest BCUT2D eigenvalue weighted by Crippen LogP contribution is 2.24. The van der Waals surface area contributed by atoms with Crippen molar-refractivity contribution >= 4 is 11.6 Å². The van der Waals surface area contributed by atoms with Gasteiger partial charge in [-0.25, -0.2) is 0 Å². The standard InChI is InChI=1S/C10H10F3NO4/c11-10(12,13)18-7-3-1-2-6(4-7)14-9(17)8(16)5-15/h1-4,8,15-16H,5H2,(H,14,17). The van der Waals surface area contributed by atoms with E-state index in [9.17, 15) is 18.0 Å². The maximum atomic E-state index is 11.9. The Labute approximate surface area is 99.8 Å². The maximum absolute atomic E-state index is 11.9. The van der Waals surface area contributed by atoms with E-state index in [0.29, 0.717) is 0 Å². The lowest BCUT2D eigenvalue weighted by atomic mass is 10.2. The molecule has 0 spiro atoms. The van der Waals surface area contributed by atoms with Gasteiger partial charge in [0.05, 0.1) is 6.61 Å². The van der Waals surface area contributed by atoms with Gasteiger partial charge in [-0.3, -0.25) is 4.79 Å². The summed E-state index contributed by atoms with van der Waals surface area (Å²) in [7, 11) is 0. The molecule has 100 valence electrons. The Bertz CT molecular complexity index is 422. The lowest BCUT2D eigenvalue weighted by molar-refractivity contribution is -0.274. The van der Waals surface area contributed by atoms with E-state index < -0.39 is 30.7 Å². The average Bonchev–Trinajstić information content (AvgIpc) is 2.26. The molecule has 8 heteroatoms. The first-order chi connectivity index (χ1) is 8.31. The largest absolute Gasteiger partial charge is 0.573 e. The molecule has 1 atom stereocenters. The predicted molar refractivity (Wildman–Crippen MR) is 54.8 cm³/mol. The Morgan fingerprint density at radius 3 is 2.67 bits per heavy atom. The number of carbonyl (C=O) groups excluding carboxylic acids is 1. The lowest BCUT2D eigenvalue weighted by Crippen LogP contribution is -2.30. The van der Waals surface area contributed by atoms with Gasteiger partial charge in [-0.1, -0.05) is 6.07 Å². The Morgan fingerprint density at radius 1 is 1.44 bits per heavy atom. The van der Waals surface area contributed by atoms with E-state index in [2.05, 4.69) is 10.1 Å². The molecule has 1 amide bonds. The van der Waals surface area contributed by atoms with Crippen LogP contribution in [-0.4, -0.2) is 35.2 Å². The van der Waals surface area contributed by atoms with Crippen LogP contribution >= 0.6 is 0 Å². The van der Waals surface area contributed by atoms with Crippen molar-refractivity contribution in [3.8, 4) is 5.75 Å². The molecule has 0 radical (unpaired) electrons. The Hall–Kier alpha value is -1.80. The van der Waals surface area contributed by atoms with Crippen LogP contribution in [0.25, 0.3) is 0 Å². The van der Waals surface area contributed by atoms with E-state index in [1.165, 1.54) is 12.1 Å². The number of benzene rings is 1. The van der Waals surface area contributed by atoms with Gasteiger partial charge in [0.2, 0.25) is 0 Å². The van der Waals surface area contributed by atoms with Crippen LogP contribution in [0.15, 0.2) is 24.3 Å². The average molecular weight is 265 g/mol. The summed E-state index contributed by atoms with van der Waals surface area (Å²) in [5.41, 5.74) is 0.00856. The van der Waals surface area contributed by atoms with Crippen LogP contribution in [0.5, 0.6) is 5.75 Å². The van der Waals surface area contributed by atoms with Gasteiger partial charge in [-0.05, 0) is 12.1 Å². The number of alkyl halides is 3. The predicted octanol–water partition coefficient (Wildman–Crippen LogP) is 0.877. The van der Waals surface area contributed by atoms with Crippen LogP contribution in [-0.2, 0) is 4.79 Å². The molecule has 0 saturated carbocycles. The van der Waals surface area contributed by atoms with Crippen molar-refractivity contribution < 1.29 is 32.9 Å². The van der Waals surface area contributed by atoms with Crippen LogP contribution in [0, 0.1) is 0 Å². The monoisotopic (exact) mass is 265 g/mol. The van der Waals surface area contributed by atoms with Crippen LogP contribution in [0.1, 0.15) is 0 Å². The fourth-order valence-electron chi connectivity index (χ4n) is 1.08. The molecule has 0 aliphatic carbocycles. The third kappa shape index (κ3) is 4.60. The number of aliphatic hydroxyl groups is 2. The van der Waals surface area contributed by atoms with Crippen molar-refractivity contribution in [1.29, 1.82) is 0 Å². The molecule has 0 fully saturated rings. The summed E-state index contributed by atoms with van der Waals surface area (Å²) < 4.78 is 39.5. The smallest absolute Gasteiger partial charge is 0.406 e. The maximum Gasteiger partial charge on any atom is 0.573 e. The van der Waals surface area contributed by atoms with Gasteiger partial charge < -0.3 is 20.3 Å². The number of hydrogen-bond acceptors (Lipinski definition) is 4. The molecular formula is C10H10F3NO4. The molecule has 1 aromatic rings. The highest BCUT2D eigenvalue weighted by Gasteiger charge is 2.31. The van der Waals surface area contributed by atoms with E-state index in [-0.39, 0.29) is 5.69 Å². The minimum atomic E-state index is -4.83. The molecule has 0 aromatic heterocycles. The summed E-state index contributed by atoms with van der Waals surface area (Å²) in [6, 6.07) is 4.55. The third-order valence-electron chi connectivity index (χ3n) is 1.81. The molecule has 0 heterocycles. The van der Waals surface area contributed by atoms with Crippen LogP contribution in [0.3, 0.4) is 0 Å². The number of ether oxygens (including phenoxy) is 1. The van der Waals surface area contributed by atoms with Crippen molar-refractivity contribution in [1.82, 2.24) is 0 Å². The lowest BCUT2D eigenvalue weighted by Gasteiger charge is -2.11. The SMILES string of the molecule is O=C(Nc1cccc(OC(F)(F)F)c1)C(O)CO. The number of anilines is 1. The molecular weight excluding hydrogens is 255 g/mol. The molecule has 1 rings (SSSR count). The van der Waals surface area contributed by atoms with Crippen molar-refractivity contribution in [3.63, 3.8) is 0 Å². The van der Waals surface area contributed by atoms with Gasteiger partial charge >= 0.3 is 6.36 Å². The van der Waals surface area contributed by atoms with Gasteiger partial charge in [-0.2, -0.15) is 0 Å². The summed E-state index contributed by atoms with van der Waals surface area (Å²) >= 11 is 0. The van der Waals surface area contributed by atoms with E-state index in [4.69, 9.17) is 10.2 Å². The third-order valence-corrected chi connectivity index (χ3v) is 1.81. The fraction of sp³-hybridized carbons (Fsp3) is 0.300. The molecule has 1 aromatic carbocycles. The fourth-order valence-corrected chi connectivity index (χ4v) is 1.08. The van der Waals surface area contributed by atoms with Gasteiger partial charge in [0.1, 0.15) is 5.75 Å². The molecule has 5 nitrogen and oxygen atoms in total. The molecule has 0 aliphatic rings. The minimum Gasteiger partial charge on any atom is -0.406 e. The Morgan fingerprint density at radius 2 is 2.11 bits per heavy atom. The number of rotatable bonds is 4. The Balaban J connectivity index is 2.74. The normalized spacial score (nSPS) is 12.9. The molecule has 0 aliphatic heterocycles. The number of carbonyl (C=O) groups is 1. The zero-order valence-corrected chi connectivity index (χ0v) is 8.94. The van der Waals surface area contributed by atoms with Crippen LogP contribution in [0.4, 0.5) is 18.9 Å². The van der Waals surface area contributed by atoms with Crippen LogP contribution in [0.2, 0.25) is 0 Å². The molecule has 0 saturated heterocycles. The van der Waals surface area contributed by atoms with Gasteiger partial charge in [0.15, 0.2) is 6.10 Å². The zero-order valence-electron chi connectivity index (χ0n) is 8.94. The second-order valence-electron chi connectivity index (χ2n) is 3.26. The summed E-state index contributed by atoms with van der Waals surface area (Å²) in [4.78, 5) is 11.2. The first-order valence-electron chi connectivity index (χ1n) is 4.77. The highest BCUT2D eigenvalue weighted by atomic mass is 19.4. The number of halogens is 3. The Kier molecular flexibility index (Phi) is 4.51. The summed E-state index contributed by atoms with van der Waals surface area (Å²) in [6.07, 6.45) is -6.47. The number of hydrogen-bond donors (Lipinski definition) is 3. The quantitative estimate of drug-likeness (QED) is 0.755. The van der Waals surface area contributed by atoms with Crippen molar-refractivity contribution in [3.05, 3.63) is 24.3 Å². The summed E-state index contributed by atoms with van der Waals surface area (Å²) in [6.45, 7) is -0.787. The van der Waals surface area contributed by atoms with E-state index in [1.807, 2.05) is 0 Å². The van der Waals surface area contributed by atoms with Gasteiger partial charge in [0, 0.05) is 11.8 Å². The first-order valence-corrected chi connectivity index (χ1v) is 4.77. The van der Waals surface area contributed by atoms with Gasteiger partial charge in [-0.15, -0.1) is 13.2 Å². The first kappa shape index (κ1) is 14.3. The number of aliphatic hydroxyl groups excluding tert-OH is 2. The second-order valence-corrected chi connectivity index (χ2v) is 3.26. The van der Waals surface area contributed by atoms with E-state index in [1.54, 1.807) is 0 Å². The number of nitrogens with one attached hydrogen (secondary N) is 1. The summed E-state index contributed by atoms with van der Waals surface area (Å²) in [5.74, 6) is -1.43. The molecule has 0 bridgehead atoms. The van der Waals surface area contributed by atoms with Gasteiger partial charge in [0.25, 0.3) is 5.91 Å². The second kappa shape index (κ2) is 5.69. The van der Waals surface area contributed by atoms with Crippen molar-refractivity contribution in [2.45, 2.75) is 12.5 Å². The van der Waals surface area contributed by atoms with Crippen LogP contribution < -0.4 is 10.1 Å². The minimum absolute atomic E-state index is 0.00856. The molecule has 3 N–H and O–H groups in total. The van der Waals surface area contributed by atoms with Crippen molar-refractivity contribution in [2.75, 3.05) is 11.9 Å². The van der Waals surface area contributed by atoms with E-state index >= 15 is 0 Å².